The number of rotatable bonds is 12. The van der Waals surface area contributed by atoms with Crippen molar-refractivity contribution in [2.75, 3.05) is 20.2 Å². The van der Waals surface area contributed by atoms with Gasteiger partial charge >= 0.3 is 0 Å². The zero-order chi connectivity index (χ0) is 32.2. The van der Waals surface area contributed by atoms with Gasteiger partial charge in [-0.3, -0.25) is 24.1 Å². The molecular formula is C32H45N5O5S2. The van der Waals surface area contributed by atoms with Crippen LogP contribution in [-0.2, 0) is 19.6 Å². The zero-order valence-corrected chi connectivity index (χ0v) is 28.0. The fourth-order valence-electron chi connectivity index (χ4n) is 6.38. The van der Waals surface area contributed by atoms with Gasteiger partial charge in [-0.2, -0.15) is 0 Å². The van der Waals surface area contributed by atoms with Crippen LogP contribution >= 0.6 is 24.4 Å². The van der Waals surface area contributed by atoms with Crippen LogP contribution in [-0.4, -0.2) is 44.4 Å². The standard InChI is InChI=1S/C32H45N5O5S2/c1-6-8-15-36-28(40)24(26(38)33-30(36)43)23(25-27(39)34-31(44)37(29(25)41)16-9-7-2)20-11-12-22(42-5)21(17-20)18-35-14-10-13-32(3,4)19-35/h11-12,17,23,40-41H,6-10,13-16,18-19H2,1-5H3,(H,33,38,43)(H,34,39,44). The number of nitrogens with one attached hydrogen (secondary N) is 3. The molecule has 10 nitrogen and oxygen atoms in total. The molecule has 12 heteroatoms. The number of ether oxygens (including phenoxy) is 1. The molecule has 2 atom stereocenters. The van der Waals surface area contributed by atoms with Crippen molar-refractivity contribution in [2.24, 2.45) is 5.41 Å². The van der Waals surface area contributed by atoms with Crippen LogP contribution in [0.5, 0.6) is 17.5 Å². The van der Waals surface area contributed by atoms with Crippen LogP contribution in [0.15, 0.2) is 27.8 Å². The number of quaternary nitrogens is 1. The molecule has 0 spiro atoms. The second-order valence-electron chi connectivity index (χ2n) is 12.6. The molecule has 1 saturated heterocycles. The Kier molecular flexibility index (Phi) is 10.9. The number of methoxy groups -OCH3 is 1. The molecule has 2 unspecified atom stereocenters. The summed E-state index contributed by atoms with van der Waals surface area (Å²) in [6.07, 6.45) is 5.30. The molecule has 240 valence electrons. The summed E-state index contributed by atoms with van der Waals surface area (Å²) in [6, 6.07) is 5.44. The lowest BCUT2D eigenvalue weighted by atomic mass is 9.83. The summed E-state index contributed by atoms with van der Waals surface area (Å²) in [5.74, 6) is -1.46. The Bertz CT molecular complexity index is 1640. The molecular weight excluding hydrogens is 599 g/mol. The molecule has 0 aliphatic carbocycles. The Morgan fingerprint density at radius 3 is 2.27 bits per heavy atom. The molecule has 0 bridgehead atoms. The van der Waals surface area contributed by atoms with Crippen LogP contribution in [0.25, 0.3) is 0 Å². The summed E-state index contributed by atoms with van der Waals surface area (Å²) in [5.41, 5.74) is -0.0391. The van der Waals surface area contributed by atoms with Gasteiger partial charge in [-0.1, -0.05) is 46.6 Å². The Labute approximate surface area is 268 Å². The number of likely N-dealkylation sites (tertiary alicyclic amines) is 1. The summed E-state index contributed by atoms with van der Waals surface area (Å²) >= 11 is 10.8. The van der Waals surface area contributed by atoms with Gasteiger partial charge in [0.1, 0.15) is 12.3 Å². The van der Waals surface area contributed by atoms with E-state index in [2.05, 4.69) is 23.8 Å². The molecule has 1 aromatic carbocycles. The van der Waals surface area contributed by atoms with Gasteiger partial charge in [-0.25, -0.2) is 0 Å². The van der Waals surface area contributed by atoms with Gasteiger partial charge in [0.25, 0.3) is 11.1 Å². The highest BCUT2D eigenvalue weighted by Gasteiger charge is 2.32. The minimum atomic E-state index is -1.19. The topological polar surface area (TPSA) is 133 Å². The van der Waals surface area contributed by atoms with Gasteiger partial charge in [0.05, 0.1) is 31.7 Å². The summed E-state index contributed by atoms with van der Waals surface area (Å²) in [4.78, 5) is 34.0. The fourth-order valence-corrected chi connectivity index (χ4v) is 6.92. The molecule has 0 amide bonds. The lowest BCUT2D eigenvalue weighted by molar-refractivity contribution is -0.925. The zero-order valence-electron chi connectivity index (χ0n) is 26.4. The van der Waals surface area contributed by atoms with Gasteiger partial charge in [-0.15, -0.1) is 0 Å². The quantitative estimate of drug-likeness (QED) is 0.220. The number of hydrogen-bond donors (Lipinski definition) is 4. The van der Waals surface area contributed by atoms with Crippen molar-refractivity contribution in [3.63, 3.8) is 0 Å². The van der Waals surface area contributed by atoms with Gasteiger partial charge in [0.2, 0.25) is 5.88 Å². The number of H-pyrrole nitrogens is 2. The minimum absolute atomic E-state index is 0.0275. The van der Waals surface area contributed by atoms with Crippen molar-refractivity contribution in [1.82, 2.24) is 19.1 Å². The van der Waals surface area contributed by atoms with Crippen LogP contribution < -0.4 is 25.9 Å². The van der Waals surface area contributed by atoms with Crippen molar-refractivity contribution in [2.45, 2.75) is 91.8 Å². The van der Waals surface area contributed by atoms with Crippen LogP contribution in [0.1, 0.15) is 94.4 Å². The summed E-state index contributed by atoms with van der Waals surface area (Å²) < 4.78 is 8.67. The molecule has 0 saturated carbocycles. The maximum absolute atomic E-state index is 14.1. The van der Waals surface area contributed by atoms with E-state index in [1.54, 1.807) is 19.2 Å². The smallest absolute Gasteiger partial charge is 0.259 e. The summed E-state index contributed by atoms with van der Waals surface area (Å²) in [7, 11) is 1.61. The highest BCUT2D eigenvalue weighted by Crippen LogP contribution is 2.38. The van der Waals surface area contributed by atoms with Gasteiger partial charge in [0.15, 0.2) is 9.54 Å². The van der Waals surface area contributed by atoms with Crippen molar-refractivity contribution >= 4 is 24.4 Å². The van der Waals surface area contributed by atoms with Gasteiger partial charge in [-0.05, 0) is 73.7 Å². The first-order valence-electron chi connectivity index (χ1n) is 15.5. The second-order valence-corrected chi connectivity index (χ2v) is 13.4. The lowest BCUT2D eigenvalue weighted by Gasteiger charge is -2.35. The number of nitrogens with zero attached hydrogens (tertiary/aromatic N) is 2. The van der Waals surface area contributed by atoms with Crippen molar-refractivity contribution < 1.29 is 19.8 Å². The largest absolute Gasteiger partial charge is 0.860 e. The third-order valence-electron chi connectivity index (χ3n) is 8.63. The van der Waals surface area contributed by atoms with E-state index in [4.69, 9.17) is 29.2 Å². The number of aromatic hydroxyl groups is 1. The highest BCUT2D eigenvalue weighted by molar-refractivity contribution is 7.71. The average molecular weight is 644 g/mol. The Morgan fingerprint density at radius 1 is 1.05 bits per heavy atom. The summed E-state index contributed by atoms with van der Waals surface area (Å²) in [6.45, 7) is 11.9. The molecule has 1 fully saturated rings. The van der Waals surface area contributed by atoms with Crippen LogP contribution in [0, 0.1) is 15.0 Å². The first kappa shape index (κ1) is 33.7. The second kappa shape index (κ2) is 14.3. The van der Waals surface area contributed by atoms with E-state index in [0.717, 1.165) is 37.9 Å². The van der Waals surface area contributed by atoms with Crippen LogP contribution in [0.4, 0.5) is 0 Å². The molecule has 2 aromatic heterocycles. The Balaban J connectivity index is 2.00. The van der Waals surface area contributed by atoms with E-state index in [-0.39, 0.29) is 32.0 Å². The fraction of sp³-hybridized carbons (Fsp3) is 0.562. The lowest BCUT2D eigenvalue weighted by Crippen LogP contribution is -3.13. The minimum Gasteiger partial charge on any atom is -0.860 e. The molecule has 3 heterocycles. The maximum Gasteiger partial charge on any atom is 0.259 e. The molecule has 1 aliphatic rings. The van der Waals surface area contributed by atoms with Crippen molar-refractivity contribution in [1.29, 1.82) is 0 Å². The first-order chi connectivity index (χ1) is 20.9. The number of unbranched alkanes of at least 4 members (excludes halogenated alkanes) is 2. The van der Waals surface area contributed by atoms with E-state index < -0.39 is 22.9 Å². The molecule has 44 heavy (non-hydrogen) atoms. The monoisotopic (exact) mass is 643 g/mol. The molecule has 4 N–H and O–H groups in total. The van der Waals surface area contributed by atoms with E-state index in [9.17, 15) is 19.8 Å². The van der Waals surface area contributed by atoms with Crippen LogP contribution in [0.2, 0.25) is 0 Å². The summed E-state index contributed by atoms with van der Waals surface area (Å²) in [5, 5.41) is 25.7. The number of aromatic amines is 2. The van der Waals surface area contributed by atoms with Gasteiger partial charge in [0, 0.05) is 29.6 Å². The predicted octanol–water partition coefficient (Wildman–Crippen LogP) is 3.90. The van der Waals surface area contributed by atoms with E-state index in [0.29, 0.717) is 43.8 Å². The van der Waals surface area contributed by atoms with Crippen molar-refractivity contribution in [3.05, 3.63) is 70.7 Å². The molecule has 4 rings (SSSR count). The maximum atomic E-state index is 14.1. The molecule has 0 radical (unpaired) electrons. The number of benzene rings is 1. The number of piperidine rings is 1. The molecule has 1 aliphatic heterocycles. The van der Waals surface area contributed by atoms with E-state index in [1.165, 1.54) is 20.5 Å². The SMILES string of the molecule is CCCCn1c([O-])c(C(c2ccc(OC)c(C[NH+]3CCCC(C)(C)C3)c2)c2c(O)n(CCCC)c(=S)[nH]c2=O)c(=O)[nH]c1=S. The first-order valence-corrected chi connectivity index (χ1v) is 16.3. The number of hydrogen-bond acceptors (Lipinski definition) is 7. The van der Waals surface area contributed by atoms with Crippen molar-refractivity contribution in [3.8, 4) is 17.5 Å². The van der Waals surface area contributed by atoms with E-state index >= 15 is 0 Å². The molecule has 3 aromatic rings. The highest BCUT2D eigenvalue weighted by atomic mass is 32.1. The normalized spacial score (nSPS) is 17.0. The third-order valence-corrected chi connectivity index (χ3v) is 9.28. The van der Waals surface area contributed by atoms with Crippen LogP contribution in [0.3, 0.4) is 0 Å². The Morgan fingerprint density at radius 2 is 1.66 bits per heavy atom. The predicted molar refractivity (Wildman–Crippen MR) is 174 cm³/mol. The third kappa shape index (κ3) is 7.18. The Hall–Kier alpha value is -3.22. The average Bonchev–Trinajstić information content (AvgIpc) is 2.95. The van der Waals surface area contributed by atoms with E-state index in [1.807, 2.05) is 19.9 Å². The van der Waals surface area contributed by atoms with Gasteiger partial charge < -0.3 is 24.4 Å². The number of aromatic nitrogens is 4.